The number of aliphatic imine (C=N–C) groups is 1. The van der Waals surface area contributed by atoms with Gasteiger partial charge in [-0.25, -0.2) is 0 Å². The SMILES string of the molecule is NC1N=C(C2CCCCCC2)c2ccccc2N(c2ccccc2)C1=O. The fourth-order valence-electron chi connectivity index (χ4n) is 4.13. The van der Waals surface area contributed by atoms with E-state index < -0.39 is 6.17 Å². The molecule has 2 aromatic rings. The van der Waals surface area contributed by atoms with E-state index in [1.54, 1.807) is 4.90 Å². The van der Waals surface area contributed by atoms with Gasteiger partial charge in [0.2, 0.25) is 0 Å². The minimum Gasteiger partial charge on any atom is -0.302 e. The molecule has 4 heteroatoms. The predicted molar refractivity (Wildman–Crippen MR) is 106 cm³/mol. The van der Waals surface area contributed by atoms with Crippen LogP contribution >= 0.6 is 0 Å². The predicted octanol–water partition coefficient (Wildman–Crippen LogP) is 4.41. The third-order valence-electron chi connectivity index (χ3n) is 5.43. The van der Waals surface area contributed by atoms with Crippen LogP contribution in [-0.4, -0.2) is 17.8 Å². The first-order valence-electron chi connectivity index (χ1n) is 9.57. The topological polar surface area (TPSA) is 58.7 Å². The van der Waals surface area contributed by atoms with Crippen molar-refractivity contribution in [1.29, 1.82) is 0 Å². The number of amides is 1. The lowest BCUT2D eigenvalue weighted by molar-refractivity contribution is -0.118. The summed E-state index contributed by atoms with van der Waals surface area (Å²) in [5.41, 5.74) is 10.0. The summed E-state index contributed by atoms with van der Waals surface area (Å²) in [6.07, 6.45) is 6.40. The van der Waals surface area contributed by atoms with Gasteiger partial charge in [0.05, 0.1) is 5.69 Å². The van der Waals surface area contributed by atoms with Gasteiger partial charge in [-0.15, -0.1) is 0 Å². The monoisotopic (exact) mass is 347 g/mol. The Morgan fingerprint density at radius 2 is 1.54 bits per heavy atom. The van der Waals surface area contributed by atoms with Crippen molar-refractivity contribution in [2.45, 2.75) is 44.7 Å². The zero-order chi connectivity index (χ0) is 17.9. The first kappa shape index (κ1) is 17.0. The van der Waals surface area contributed by atoms with E-state index in [9.17, 15) is 4.79 Å². The lowest BCUT2D eigenvalue weighted by atomic mass is 9.89. The summed E-state index contributed by atoms with van der Waals surface area (Å²) in [6, 6.07) is 17.8. The Labute approximate surface area is 154 Å². The molecular formula is C22H25N3O. The van der Waals surface area contributed by atoms with Gasteiger partial charge in [-0.2, -0.15) is 0 Å². The zero-order valence-electron chi connectivity index (χ0n) is 15.0. The van der Waals surface area contributed by atoms with Gasteiger partial charge in [-0.3, -0.25) is 14.7 Å². The lowest BCUT2D eigenvalue weighted by Crippen LogP contribution is -2.39. The van der Waals surface area contributed by atoms with Gasteiger partial charge in [0, 0.05) is 22.9 Å². The number of nitrogens with zero attached hydrogens (tertiary/aromatic N) is 2. The highest BCUT2D eigenvalue weighted by molar-refractivity contribution is 6.15. The Bertz CT molecular complexity index is 807. The second-order valence-electron chi connectivity index (χ2n) is 7.17. The number of hydrogen-bond acceptors (Lipinski definition) is 3. The number of benzodiazepines with no additional fused rings is 1. The first-order valence-corrected chi connectivity index (χ1v) is 9.57. The number of carbonyl (C=O) groups is 1. The summed E-state index contributed by atoms with van der Waals surface area (Å²) < 4.78 is 0. The molecule has 0 aromatic heterocycles. The average Bonchev–Trinajstić information content (AvgIpc) is 3.01. The maximum Gasteiger partial charge on any atom is 0.270 e. The van der Waals surface area contributed by atoms with Gasteiger partial charge in [0.15, 0.2) is 6.17 Å². The highest BCUT2D eigenvalue weighted by atomic mass is 16.2. The van der Waals surface area contributed by atoms with Crippen LogP contribution in [0, 0.1) is 5.92 Å². The standard InChI is InChI=1S/C22H25N3O/c23-21-22(26)25(17-12-6-3-7-13-17)19-15-9-8-14-18(19)20(24-21)16-10-4-1-2-5-11-16/h3,6-9,12-16,21H,1-2,4-5,10-11,23H2. The molecule has 1 saturated carbocycles. The quantitative estimate of drug-likeness (QED) is 0.818. The third kappa shape index (κ3) is 3.17. The van der Waals surface area contributed by atoms with Crippen molar-refractivity contribution >= 4 is 23.0 Å². The average molecular weight is 347 g/mol. The van der Waals surface area contributed by atoms with Crippen molar-refractivity contribution in [3.05, 3.63) is 60.2 Å². The minimum absolute atomic E-state index is 0.174. The number of hydrogen-bond donors (Lipinski definition) is 1. The Morgan fingerprint density at radius 3 is 2.27 bits per heavy atom. The number of fused-ring (bicyclic) bond motifs is 1. The fourth-order valence-corrected chi connectivity index (χ4v) is 4.13. The molecule has 0 bridgehead atoms. The molecule has 0 saturated heterocycles. The first-order chi connectivity index (χ1) is 12.8. The second kappa shape index (κ2) is 7.42. The normalized spacial score (nSPS) is 21.6. The van der Waals surface area contributed by atoms with E-state index in [1.807, 2.05) is 48.5 Å². The Morgan fingerprint density at radius 1 is 0.885 bits per heavy atom. The number of anilines is 2. The highest BCUT2D eigenvalue weighted by Gasteiger charge is 2.33. The largest absolute Gasteiger partial charge is 0.302 e. The van der Waals surface area contributed by atoms with Crippen LogP contribution in [0.5, 0.6) is 0 Å². The van der Waals surface area contributed by atoms with Crippen LogP contribution in [0.2, 0.25) is 0 Å². The van der Waals surface area contributed by atoms with E-state index in [1.165, 1.54) is 25.7 Å². The molecule has 0 spiro atoms. The Hall–Kier alpha value is -2.46. The van der Waals surface area contributed by atoms with Crippen LogP contribution in [0.1, 0.15) is 44.1 Å². The smallest absolute Gasteiger partial charge is 0.270 e. The van der Waals surface area contributed by atoms with E-state index in [4.69, 9.17) is 10.7 Å². The van der Waals surface area contributed by atoms with Crippen LogP contribution in [0.15, 0.2) is 59.6 Å². The van der Waals surface area contributed by atoms with Crippen molar-refractivity contribution in [2.75, 3.05) is 4.90 Å². The summed E-state index contributed by atoms with van der Waals surface area (Å²) in [7, 11) is 0. The van der Waals surface area contributed by atoms with Gasteiger partial charge in [-0.1, -0.05) is 62.1 Å². The van der Waals surface area contributed by atoms with Crippen LogP contribution in [-0.2, 0) is 4.79 Å². The van der Waals surface area contributed by atoms with Crippen LogP contribution in [0.3, 0.4) is 0 Å². The molecular weight excluding hydrogens is 322 g/mol. The second-order valence-corrected chi connectivity index (χ2v) is 7.17. The molecule has 1 heterocycles. The summed E-state index contributed by atoms with van der Waals surface area (Å²) in [4.78, 5) is 19.6. The molecule has 4 nitrogen and oxygen atoms in total. The Balaban J connectivity index is 1.83. The molecule has 1 aliphatic carbocycles. The lowest BCUT2D eigenvalue weighted by Gasteiger charge is -2.25. The fraction of sp³-hybridized carbons (Fsp3) is 0.364. The molecule has 2 N–H and O–H groups in total. The summed E-state index contributed by atoms with van der Waals surface area (Å²) in [5.74, 6) is 0.209. The molecule has 1 amide bonds. The van der Waals surface area contributed by atoms with Gasteiger partial charge in [0.25, 0.3) is 5.91 Å². The summed E-state index contributed by atoms with van der Waals surface area (Å²) in [5, 5.41) is 0. The molecule has 2 aliphatic rings. The number of nitrogens with two attached hydrogens (primary N) is 1. The van der Waals surface area contributed by atoms with E-state index in [0.717, 1.165) is 35.5 Å². The molecule has 2 aromatic carbocycles. The third-order valence-corrected chi connectivity index (χ3v) is 5.43. The summed E-state index contributed by atoms with van der Waals surface area (Å²) in [6.45, 7) is 0. The number of carbonyl (C=O) groups excluding carboxylic acids is 1. The van der Waals surface area contributed by atoms with E-state index >= 15 is 0 Å². The van der Waals surface area contributed by atoms with E-state index in [-0.39, 0.29) is 5.91 Å². The van der Waals surface area contributed by atoms with Crippen molar-refractivity contribution in [3.63, 3.8) is 0 Å². The molecule has 1 fully saturated rings. The molecule has 1 unspecified atom stereocenters. The highest BCUT2D eigenvalue weighted by Crippen LogP contribution is 2.36. The summed E-state index contributed by atoms with van der Waals surface area (Å²) >= 11 is 0. The van der Waals surface area contributed by atoms with Gasteiger partial charge >= 0.3 is 0 Å². The Kier molecular flexibility index (Phi) is 4.85. The van der Waals surface area contributed by atoms with Gasteiger partial charge < -0.3 is 5.73 Å². The number of rotatable bonds is 2. The zero-order valence-corrected chi connectivity index (χ0v) is 15.0. The molecule has 4 rings (SSSR count). The molecule has 134 valence electrons. The molecule has 1 atom stereocenters. The number of para-hydroxylation sites is 2. The van der Waals surface area contributed by atoms with E-state index in [2.05, 4.69) is 6.07 Å². The van der Waals surface area contributed by atoms with Gasteiger partial charge in [0.1, 0.15) is 0 Å². The van der Waals surface area contributed by atoms with Crippen LogP contribution in [0.4, 0.5) is 11.4 Å². The number of benzene rings is 2. The van der Waals surface area contributed by atoms with Crippen molar-refractivity contribution in [1.82, 2.24) is 0 Å². The van der Waals surface area contributed by atoms with Gasteiger partial charge in [-0.05, 0) is 31.0 Å². The maximum absolute atomic E-state index is 13.1. The van der Waals surface area contributed by atoms with E-state index in [0.29, 0.717) is 5.92 Å². The van der Waals surface area contributed by atoms with Crippen LogP contribution < -0.4 is 10.6 Å². The molecule has 0 radical (unpaired) electrons. The van der Waals surface area contributed by atoms with Crippen molar-refractivity contribution < 1.29 is 4.79 Å². The van der Waals surface area contributed by atoms with Crippen LogP contribution in [0.25, 0.3) is 0 Å². The minimum atomic E-state index is -0.860. The maximum atomic E-state index is 13.1. The molecule has 1 aliphatic heterocycles. The molecule has 26 heavy (non-hydrogen) atoms. The van der Waals surface area contributed by atoms with Crippen molar-refractivity contribution in [3.8, 4) is 0 Å². The van der Waals surface area contributed by atoms with Crippen molar-refractivity contribution in [2.24, 2.45) is 16.6 Å².